The van der Waals surface area contributed by atoms with Gasteiger partial charge in [-0.2, -0.15) is 0 Å². The zero-order chi connectivity index (χ0) is 42.6. The number of alkyl halides is 1. The van der Waals surface area contributed by atoms with Gasteiger partial charge in [0, 0.05) is 42.9 Å². The Hall–Kier alpha value is -4.83. The second kappa shape index (κ2) is 17.6. The van der Waals surface area contributed by atoms with Gasteiger partial charge in [0.2, 0.25) is 11.7 Å². The second-order valence-electron chi connectivity index (χ2n) is 16.1. The highest BCUT2D eigenvalue weighted by Crippen LogP contribution is 2.71. The number of fused-ring (bicyclic) bond motifs is 5. The summed E-state index contributed by atoms with van der Waals surface area (Å²) in [6.45, 7) is 7.46. The van der Waals surface area contributed by atoms with Crippen molar-refractivity contribution in [1.29, 1.82) is 0 Å². The Kier molecular flexibility index (Phi) is 13.4. The molecule has 0 aromatic heterocycles. The normalized spacial score (nSPS) is 31.3. The highest BCUT2D eigenvalue weighted by Gasteiger charge is 2.76. The van der Waals surface area contributed by atoms with Crippen LogP contribution < -0.4 is 10.1 Å². The summed E-state index contributed by atoms with van der Waals surface area (Å²) in [4.78, 5) is 90.6. The largest absolute Gasteiger partial charge is 0.514 e. The third-order valence-corrected chi connectivity index (χ3v) is 13.6. The highest BCUT2D eigenvalue weighted by atomic mass is 35.5. The van der Waals surface area contributed by atoms with E-state index in [0.29, 0.717) is 24.8 Å². The molecule has 0 aliphatic heterocycles. The minimum Gasteiger partial charge on any atom is -0.464 e. The molecule has 0 saturated heterocycles. The Morgan fingerprint density at radius 1 is 1.07 bits per heavy atom. The summed E-state index contributed by atoms with van der Waals surface area (Å²) in [5, 5.41) is 23.9. The SMILES string of the molecule is CCC(=O)O[C@]1(C(=O)COC(=O)Oc2ccc(CC(NC(C)=O)C(=O)OCCCCO[N+](=O)[O-])cc2)[C@@H](C)C[C@H]2[C@@H]3CC=C4CC(=O)C=C[C@]4(C)[C@@]3(Cl)[C@@H](O)C[C@@]21C. The van der Waals surface area contributed by atoms with Crippen LogP contribution >= 0.6 is 11.6 Å². The van der Waals surface area contributed by atoms with E-state index in [2.05, 4.69) is 10.2 Å². The van der Waals surface area contributed by atoms with Crippen molar-refractivity contribution in [3.05, 3.63) is 63.7 Å². The van der Waals surface area contributed by atoms with E-state index in [0.717, 1.165) is 5.57 Å². The predicted molar refractivity (Wildman–Crippen MR) is 205 cm³/mol. The van der Waals surface area contributed by atoms with Crippen molar-refractivity contribution in [2.75, 3.05) is 19.8 Å². The first kappa shape index (κ1) is 44.3. The van der Waals surface area contributed by atoms with Gasteiger partial charge in [0.05, 0.1) is 24.2 Å². The Morgan fingerprint density at radius 3 is 2.41 bits per heavy atom. The molecular formula is C41H51ClN2O14. The van der Waals surface area contributed by atoms with Gasteiger partial charge in [-0.05, 0) is 67.7 Å². The summed E-state index contributed by atoms with van der Waals surface area (Å²) >= 11 is 7.57. The van der Waals surface area contributed by atoms with Gasteiger partial charge < -0.3 is 34.2 Å². The Labute approximate surface area is 341 Å². The number of carbonyl (C=O) groups is 6. The number of halogens is 1. The van der Waals surface area contributed by atoms with Crippen LogP contribution in [0.5, 0.6) is 5.75 Å². The van der Waals surface area contributed by atoms with Crippen molar-refractivity contribution in [3.63, 3.8) is 0 Å². The molecule has 1 unspecified atom stereocenters. The molecular weight excluding hydrogens is 780 g/mol. The molecule has 5 rings (SSSR count). The zero-order valence-electron chi connectivity index (χ0n) is 33.3. The van der Waals surface area contributed by atoms with Crippen molar-refractivity contribution < 1.29 is 62.7 Å². The van der Waals surface area contributed by atoms with E-state index >= 15 is 0 Å². The van der Waals surface area contributed by atoms with Crippen LogP contribution in [0.15, 0.2) is 48.1 Å². The first-order valence-electron chi connectivity index (χ1n) is 19.5. The molecule has 4 aliphatic carbocycles. The molecule has 2 saturated carbocycles. The molecule has 2 fully saturated rings. The average molecular weight is 831 g/mol. The van der Waals surface area contributed by atoms with Crippen LogP contribution in [0.2, 0.25) is 0 Å². The average Bonchev–Trinajstić information content (AvgIpc) is 3.38. The number of aliphatic hydroxyl groups is 1. The number of allylic oxidation sites excluding steroid dienone is 4. The van der Waals surface area contributed by atoms with Crippen molar-refractivity contribution >= 4 is 47.2 Å². The number of esters is 2. The van der Waals surface area contributed by atoms with E-state index in [4.69, 9.17) is 30.5 Å². The maximum Gasteiger partial charge on any atom is 0.514 e. The minimum atomic E-state index is -1.77. The number of benzene rings is 1. The van der Waals surface area contributed by atoms with Crippen molar-refractivity contribution in [3.8, 4) is 5.75 Å². The van der Waals surface area contributed by atoms with Crippen LogP contribution in [-0.4, -0.2) is 88.2 Å². The molecule has 0 radical (unpaired) electrons. The summed E-state index contributed by atoms with van der Waals surface area (Å²) in [6, 6.07) is 4.94. The molecule has 316 valence electrons. The third-order valence-electron chi connectivity index (χ3n) is 12.6. The molecule has 1 aromatic carbocycles. The first-order valence-corrected chi connectivity index (χ1v) is 19.9. The maximum atomic E-state index is 14.5. The van der Waals surface area contributed by atoms with Crippen LogP contribution in [0.3, 0.4) is 0 Å². The van der Waals surface area contributed by atoms with E-state index < -0.39 is 80.8 Å². The molecule has 4 aliphatic rings. The van der Waals surface area contributed by atoms with Crippen LogP contribution in [0.1, 0.15) is 85.1 Å². The maximum absolute atomic E-state index is 14.5. The van der Waals surface area contributed by atoms with Crippen LogP contribution in [-0.2, 0) is 49.4 Å². The number of nitrogens with one attached hydrogen (secondary N) is 1. The first-order chi connectivity index (χ1) is 27.3. The lowest BCUT2D eigenvalue weighted by molar-refractivity contribution is -0.757. The number of ether oxygens (including phenoxy) is 4. The Bertz CT molecular complexity index is 1870. The van der Waals surface area contributed by atoms with E-state index in [-0.39, 0.29) is 68.7 Å². The fourth-order valence-electron chi connectivity index (χ4n) is 9.90. The lowest BCUT2D eigenvalue weighted by Crippen LogP contribution is -2.69. The molecule has 2 N–H and O–H groups in total. The van der Waals surface area contributed by atoms with E-state index in [1.165, 1.54) is 25.1 Å². The van der Waals surface area contributed by atoms with E-state index in [1.54, 1.807) is 25.1 Å². The molecule has 16 nitrogen and oxygen atoms in total. The molecule has 0 bridgehead atoms. The number of ketones is 2. The molecule has 0 spiro atoms. The number of hydrogen-bond donors (Lipinski definition) is 2. The molecule has 17 heteroatoms. The molecule has 1 aromatic rings. The van der Waals surface area contributed by atoms with Gasteiger partial charge in [-0.3, -0.25) is 19.2 Å². The van der Waals surface area contributed by atoms with Gasteiger partial charge in [-0.15, -0.1) is 21.7 Å². The molecule has 0 heterocycles. The number of nitrogens with zero attached hydrogens (tertiary/aromatic N) is 1. The lowest BCUT2D eigenvalue weighted by Gasteiger charge is -2.63. The van der Waals surface area contributed by atoms with Crippen LogP contribution in [0, 0.1) is 38.7 Å². The summed E-state index contributed by atoms with van der Waals surface area (Å²) in [6.07, 6.45) is 4.66. The minimum absolute atomic E-state index is 0.00807. The summed E-state index contributed by atoms with van der Waals surface area (Å²) in [5.74, 6) is -3.63. The number of rotatable bonds is 16. The number of Topliss-reactive ketones (excluding diaryl/α,β-unsaturated/α-hetero) is 1. The Morgan fingerprint density at radius 2 is 1.76 bits per heavy atom. The predicted octanol–water partition coefficient (Wildman–Crippen LogP) is 4.93. The number of hydrogen-bond acceptors (Lipinski definition) is 14. The van der Waals surface area contributed by atoms with E-state index in [9.17, 15) is 44.0 Å². The zero-order valence-corrected chi connectivity index (χ0v) is 34.0. The standard InChI is InChI=1S/C41H51ClN2O14/c1-6-35(49)58-41(24(2)19-31-30-14-11-27-21-28(46)15-16-38(27,4)40(30,42)33(47)22-39(31,41)5)34(48)23-55-37(51)57-29-12-9-26(10-13-29)20-32(43-25(3)45)36(50)54-17-7-8-18-56-44(52)53/h9-13,15-16,24,30-33,47H,6-8,14,17-23H2,1-5H3,(H,43,45)/t24-,30-,31-,32?,33-,38-,39-,40-,41-/m0/s1. The topological polar surface area (TPSA) is 224 Å². The van der Waals surface area contributed by atoms with Crippen LogP contribution in [0.25, 0.3) is 0 Å². The van der Waals surface area contributed by atoms with Gasteiger partial charge >= 0.3 is 18.1 Å². The molecule has 9 atom stereocenters. The summed E-state index contributed by atoms with van der Waals surface area (Å²) in [7, 11) is 0. The van der Waals surface area contributed by atoms with E-state index in [1.807, 2.05) is 26.8 Å². The fourth-order valence-corrected chi connectivity index (χ4v) is 10.4. The number of aliphatic hydroxyl groups excluding tert-OH is 1. The molecule has 1 amide bonds. The van der Waals surface area contributed by atoms with Gasteiger partial charge in [0.25, 0.3) is 5.09 Å². The number of unbranched alkanes of at least 4 members (excludes halogenated alkanes) is 1. The molecule has 58 heavy (non-hydrogen) atoms. The summed E-state index contributed by atoms with van der Waals surface area (Å²) < 4.78 is 22.0. The van der Waals surface area contributed by atoms with Gasteiger partial charge in [-0.25, -0.2) is 9.59 Å². The quantitative estimate of drug-likeness (QED) is 0.0330. The van der Waals surface area contributed by atoms with Crippen molar-refractivity contribution in [2.45, 2.75) is 109 Å². The van der Waals surface area contributed by atoms with Gasteiger partial charge in [0.1, 0.15) is 11.8 Å². The third kappa shape index (κ3) is 8.35. The smallest absolute Gasteiger partial charge is 0.464 e. The fraction of sp³-hybridized carbons (Fsp3) is 0.610. The van der Waals surface area contributed by atoms with Crippen molar-refractivity contribution in [1.82, 2.24) is 5.32 Å². The van der Waals surface area contributed by atoms with Gasteiger partial charge in [0.15, 0.2) is 18.0 Å². The number of amides is 1. The second-order valence-corrected chi connectivity index (χ2v) is 16.7. The highest BCUT2D eigenvalue weighted by molar-refractivity contribution is 6.26. The number of carbonyl (C=O) groups excluding carboxylic acids is 6. The van der Waals surface area contributed by atoms with Crippen molar-refractivity contribution in [2.24, 2.45) is 28.6 Å². The monoisotopic (exact) mass is 830 g/mol. The van der Waals surface area contributed by atoms with Gasteiger partial charge in [-0.1, -0.05) is 57.6 Å². The summed E-state index contributed by atoms with van der Waals surface area (Å²) in [5.41, 5.74) is -2.27. The van der Waals surface area contributed by atoms with Crippen LogP contribution in [0.4, 0.5) is 4.79 Å². The lowest BCUT2D eigenvalue weighted by atomic mass is 9.46. The Balaban J connectivity index is 1.25.